The molecular formula is C22H16ClF2N7. The second kappa shape index (κ2) is 7.69. The Morgan fingerprint density at radius 1 is 1.03 bits per heavy atom. The van der Waals surface area contributed by atoms with Crippen molar-refractivity contribution in [2.24, 2.45) is 0 Å². The summed E-state index contributed by atoms with van der Waals surface area (Å²) in [6.45, 7) is 1.90. The minimum atomic E-state index is -0.540. The fraction of sp³-hybridized carbons (Fsp3) is 0.0909. The van der Waals surface area contributed by atoms with Crippen molar-refractivity contribution in [3.63, 3.8) is 0 Å². The normalized spacial score (nSPS) is 12.4. The van der Waals surface area contributed by atoms with Crippen LogP contribution in [0.4, 0.5) is 14.6 Å². The molecule has 10 heteroatoms. The lowest BCUT2D eigenvalue weighted by Gasteiger charge is -2.11. The largest absolute Gasteiger partial charge is 0.383 e. The molecule has 5 rings (SSSR count). The Labute approximate surface area is 186 Å². The molecule has 3 heterocycles. The maximum atomic E-state index is 14.1. The molecule has 0 amide bonds. The van der Waals surface area contributed by atoms with Crippen molar-refractivity contribution < 1.29 is 8.78 Å². The van der Waals surface area contributed by atoms with Gasteiger partial charge in [0.1, 0.15) is 40.8 Å². The SMILES string of the molecule is CC(c1cn(-c2ccccc2F)nn1)n1cc(-c2ccc(Cl)c(F)c2)c2c(N)ncnc21. The molecule has 3 aromatic heterocycles. The van der Waals surface area contributed by atoms with Crippen LogP contribution in [0.25, 0.3) is 27.8 Å². The van der Waals surface area contributed by atoms with Gasteiger partial charge in [-0.05, 0) is 36.8 Å². The molecule has 2 N–H and O–H groups in total. The highest BCUT2D eigenvalue weighted by atomic mass is 35.5. The van der Waals surface area contributed by atoms with Gasteiger partial charge in [-0.15, -0.1) is 5.10 Å². The summed E-state index contributed by atoms with van der Waals surface area (Å²) in [5.74, 6) is -0.682. The molecule has 32 heavy (non-hydrogen) atoms. The quantitative estimate of drug-likeness (QED) is 0.424. The second-order valence-electron chi connectivity index (χ2n) is 7.25. The molecule has 1 unspecified atom stereocenters. The summed E-state index contributed by atoms with van der Waals surface area (Å²) < 4.78 is 31.5. The van der Waals surface area contributed by atoms with E-state index < -0.39 is 11.6 Å². The number of fused-ring (bicyclic) bond motifs is 1. The summed E-state index contributed by atoms with van der Waals surface area (Å²) in [5, 5.41) is 8.90. The van der Waals surface area contributed by atoms with E-state index in [0.717, 1.165) is 0 Å². The molecule has 0 aliphatic carbocycles. The van der Waals surface area contributed by atoms with Gasteiger partial charge in [-0.3, -0.25) is 0 Å². The number of rotatable bonds is 4. The average Bonchev–Trinajstić information content (AvgIpc) is 3.42. The highest BCUT2D eigenvalue weighted by molar-refractivity contribution is 6.30. The number of para-hydroxylation sites is 1. The first-order valence-corrected chi connectivity index (χ1v) is 10.1. The monoisotopic (exact) mass is 451 g/mol. The average molecular weight is 452 g/mol. The van der Waals surface area contributed by atoms with Crippen LogP contribution in [0.3, 0.4) is 0 Å². The number of nitrogen functional groups attached to an aromatic ring is 1. The molecule has 160 valence electrons. The summed E-state index contributed by atoms with van der Waals surface area (Å²) in [6.07, 6.45) is 4.83. The fourth-order valence-electron chi connectivity index (χ4n) is 3.65. The van der Waals surface area contributed by atoms with Gasteiger partial charge >= 0.3 is 0 Å². The van der Waals surface area contributed by atoms with Crippen molar-refractivity contribution in [2.75, 3.05) is 5.73 Å². The predicted octanol–water partition coefficient (Wildman–Crippen LogP) is 4.80. The molecule has 7 nitrogen and oxygen atoms in total. The van der Waals surface area contributed by atoms with Gasteiger partial charge < -0.3 is 10.3 Å². The van der Waals surface area contributed by atoms with Gasteiger partial charge in [0.2, 0.25) is 0 Å². The molecule has 0 aliphatic heterocycles. The van der Waals surface area contributed by atoms with Crippen LogP contribution in [0.1, 0.15) is 18.7 Å². The lowest BCUT2D eigenvalue weighted by Crippen LogP contribution is -2.07. The van der Waals surface area contributed by atoms with Crippen molar-refractivity contribution in [2.45, 2.75) is 13.0 Å². The molecule has 0 fully saturated rings. The summed E-state index contributed by atoms with van der Waals surface area (Å²) in [7, 11) is 0. The van der Waals surface area contributed by atoms with Crippen LogP contribution in [-0.2, 0) is 0 Å². The summed E-state index contributed by atoms with van der Waals surface area (Å²) in [6, 6.07) is 10.5. The first-order chi connectivity index (χ1) is 15.4. The molecule has 0 saturated carbocycles. The van der Waals surface area contributed by atoms with Crippen molar-refractivity contribution in [3.05, 3.63) is 83.5 Å². The van der Waals surface area contributed by atoms with E-state index in [2.05, 4.69) is 20.3 Å². The van der Waals surface area contributed by atoms with Crippen LogP contribution in [0.2, 0.25) is 5.02 Å². The van der Waals surface area contributed by atoms with Gasteiger partial charge in [-0.25, -0.2) is 23.4 Å². The first kappa shape index (κ1) is 20.1. The number of nitrogens with zero attached hydrogens (tertiary/aromatic N) is 6. The van der Waals surface area contributed by atoms with E-state index in [9.17, 15) is 8.78 Å². The molecule has 0 saturated heterocycles. The highest BCUT2D eigenvalue weighted by Gasteiger charge is 2.21. The van der Waals surface area contributed by atoms with E-state index in [1.807, 2.05) is 17.7 Å². The lowest BCUT2D eigenvalue weighted by atomic mass is 10.1. The summed E-state index contributed by atoms with van der Waals surface area (Å²) in [5.41, 5.74) is 8.81. The van der Waals surface area contributed by atoms with Gasteiger partial charge in [-0.1, -0.05) is 35.0 Å². The zero-order chi connectivity index (χ0) is 22.4. The molecule has 1 atom stereocenters. The van der Waals surface area contributed by atoms with Crippen LogP contribution in [0.15, 0.2) is 61.2 Å². The Hall–Kier alpha value is -3.85. The van der Waals surface area contributed by atoms with Gasteiger partial charge in [0, 0.05) is 11.8 Å². The van der Waals surface area contributed by atoms with Crippen LogP contribution >= 0.6 is 11.6 Å². The fourth-order valence-corrected chi connectivity index (χ4v) is 3.77. The van der Waals surface area contributed by atoms with E-state index in [4.69, 9.17) is 17.3 Å². The van der Waals surface area contributed by atoms with Gasteiger partial charge in [-0.2, -0.15) is 0 Å². The maximum Gasteiger partial charge on any atom is 0.148 e. The molecule has 0 bridgehead atoms. The minimum Gasteiger partial charge on any atom is -0.383 e. The Bertz CT molecular complexity index is 1460. The number of halogens is 3. The first-order valence-electron chi connectivity index (χ1n) is 9.67. The van der Waals surface area contributed by atoms with E-state index in [1.54, 1.807) is 30.5 Å². The van der Waals surface area contributed by atoms with Crippen molar-refractivity contribution in [3.8, 4) is 16.8 Å². The predicted molar refractivity (Wildman–Crippen MR) is 117 cm³/mol. The smallest absolute Gasteiger partial charge is 0.148 e. The maximum absolute atomic E-state index is 14.1. The topological polar surface area (TPSA) is 87.4 Å². The Morgan fingerprint density at radius 3 is 2.62 bits per heavy atom. The number of aromatic nitrogens is 6. The Morgan fingerprint density at radius 2 is 1.84 bits per heavy atom. The van der Waals surface area contributed by atoms with Crippen LogP contribution in [0.5, 0.6) is 0 Å². The Balaban J connectivity index is 1.63. The number of hydrogen-bond donors (Lipinski definition) is 1. The van der Waals surface area contributed by atoms with E-state index >= 15 is 0 Å². The van der Waals surface area contributed by atoms with Crippen LogP contribution in [0, 0.1) is 11.6 Å². The van der Waals surface area contributed by atoms with Crippen LogP contribution in [-0.4, -0.2) is 29.5 Å². The number of benzene rings is 2. The van der Waals surface area contributed by atoms with Gasteiger partial charge in [0.15, 0.2) is 0 Å². The third-order valence-electron chi connectivity index (χ3n) is 5.32. The van der Waals surface area contributed by atoms with Gasteiger partial charge in [0.05, 0.1) is 22.6 Å². The number of hydrogen-bond acceptors (Lipinski definition) is 5. The zero-order valence-electron chi connectivity index (χ0n) is 16.7. The third kappa shape index (κ3) is 3.27. The molecule has 0 spiro atoms. The molecule has 0 aliphatic rings. The molecular weight excluding hydrogens is 436 g/mol. The molecule has 2 aromatic carbocycles. The zero-order valence-corrected chi connectivity index (χ0v) is 17.5. The second-order valence-corrected chi connectivity index (χ2v) is 7.66. The van der Waals surface area contributed by atoms with Crippen molar-refractivity contribution in [1.29, 1.82) is 0 Å². The lowest BCUT2D eigenvalue weighted by molar-refractivity contribution is 0.607. The van der Waals surface area contributed by atoms with E-state index in [-0.39, 0.29) is 16.9 Å². The summed E-state index contributed by atoms with van der Waals surface area (Å²) in [4.78, 5) is 8.48. The standard InChI is InChI=1S/C22H16ClF2N7/c1-12(18-10-32(30-29-18)19-5-3-2-4-16(19)24)31-9-14(13-6-7-15(23)17(25)8-13)20-21(26)27-11-28-22(20)31/h2-12H,1H3,(H2,26,27,28). The third-order valence-corrected chi connectivity index (χ3v) is 5.63. The molecule has 5 aromatic rings. The van der Waals surface area contributed by atoms with E-state index in [1.165, 1.54) is 29.2 Å². The summed E-state index contributed by atoms with van der Waals surface area (Å²) >= 11 is 5.84. The van der Waals surface area contributed by atoms with Crippen molar-refractivity contribution >= 4 is 28.5 Å². The van der Waals surface area contributed by atoms with Gasteiger partial charge in [0.25, 0.3) is 0 Å². The van der Waals surface area contributed by atoms with E-state index in [0.29, 0.717) is 33.5 Å². The number of anilines is 1. The van der Waals surface area contributed by atoms with Crippen molar-refractivity contribution in [1.82, 2.24) is 29.5 Å². The number of nitrogens with two attached hydrogens (primary N) is 1. The Kier molecular flexibility index (Phi) is 4.82. The minimum absolute atomic E-state index is 0.0276. The molecule has 0 radical (unpaired) electrons. The van der Waals surface area contributed by atoms with Crippen LogP contribution < -0.4 is 5.73 Å². The highest BCUT2D eigenvalue weighted by Crippen LogP contribution is 2.36.